The Balaban J connectivity index is 2.31. The molecule has 0 aliphatic heterocycles. The number of hydrogen-bond acceptors (Lipinski definition) is 8. The van der Waals surface area contributed by atoms with E-state index in [0.29, 0.717) is 5.56 Å². The molecule has 4 atom stereocenters. The van der Waals surface area contributed by atoms with Crippen molar-refractivity contribution in [3.05, 3.63) is 36.0 Å². The molecule has 0 saturated heterocycles. The summed E-state index contributed by atoms with van der Waals surface area (Å²) in [5.74, 6) is -6.86. The van der Waals surface area contributed by atoms with E-state index in [0.717, 1.165) is 10.9 Å². The van der Waals surface area contributed by atoms with E-state index in [-0.39, 0.29) is 12.2 Å². The van der Waals surface area contributed by atoms with Crippen LogP contribution in [0, 0.1) is 0 Å². The molecule has 1 heterocycles. The van der Waals surface area contributed by atoms with Crippen LogP contribution in [0.3, 0.4) is 0 Å². The molecule has 1 aromatic heterocycles. The molecular weight excluding hydrogens is 508 g/mol. The fraction of sp³-hybridized carbons (Fsp3) is 0.364. The predicted octanol–water partition coefficient (Wildman–Crippen LogP) is -2.14. The van der Waals surface area contributed by atoms with Crippen LogP contribution < -0.4 is 27.4 Å². The zero-order valence-electron chi connectivity index (χ0n) is 19.5. The van der Waals surface area contributed by atoms with Crippen LogP contribution >= 0.6 is 12.6 Å². The first-order valence-electron chi connectivity index (χ1n) is 11.0. The van der Waals surface area contributed by atoms with Crippen LogP contribution in [0.1, 0.15) is 18.4 Å². The van der Waals surface area contributed by atoms with E-state index in [9.17, 15) is 33.9 Å². The third-order valence-electron chi connectivity index (χ3n) is 5.30. The van der Waals surface area contributed by atoms with Crippen molar-refractivity contribution in [3.63, 3.8) is 0 Å². The minimum Gasteiger partial charge on any atom is -0.481 e. The monoisotopic (exact) mass is 536 g/mol. The zero-order chi connectivity index (χ0) is 27.7. The summed E-state index contributed by atoms with van der Waals surface area (Å²) in [4.78, 5) is 75.1. The quantitative estimate of drug-likeness (QED) is 0.119. The summed E-state index contributed by atoms with van der Waals surface area (Å²) in [6.07, 6.45) is 0.162. The van der Waals surface area contributed by atoms with Gasteiger partial charge in [0.1, 0.15) is 18.1 Å². The van der Waals surface area contributed by atoms with Crippen molar-refractivity contribution in [2.45, 2.75) is 43.4 Å². The van der Waals surface area contributed by atoms with Crippen LogP contribution in [0.4, 0.5) is 0 Å². The fourth-order valence-corrected chi connectivity index (χ4v) is 3.68. The van der Waals surface area contributed by atoms with Crippen LogP contribution in [-0.2, 0) is 35.2 Å². The number of nitrogens with one attached hydrogen (secondary N) is 4. The van der Waals surface area contributed by atoms with Crippen LogP contribution in [0.5, 0.6) is 0 Å². The van der Waals surface area contributed by atoms with Gasteiger partial charge in [0.05, 0.1) is 18.9 Å². The summed E-state index contributed by atoms with van der Waals surface area (Å²) < 4.78 is 0. The van der Waals surface area contributed by atoms with E-state index in [1.165, 1.54) is 0 Å². The Labute approximate surface area is 215 Å². The third kappa shape index (κ3) is 8.50. The van der Waals surface area contributed by atoms with E-state index in [4.69, 9.17) is 16.6 Å². The number of aliphatic carboxylic acids is 2. The number of carboxylic acids is 2. The maximum absolute atomic E-state index is 13.2. The molecule has 1 aromatic carbocycles. The average molecular weight is 537 g/mol. The van der Waals surface area contributed by atoms with Crippen molar-refractivity contribution in [1.29, 1.82) is 0 Å². The van der Waals surface area contributed by atoms with Gasteiger partial charge in [0.2, 0.25) is 23.6 Å². The summed E-state index contributed by atoms with van der Waals surface area (Å²) >= 11 is 3.84. The minimum atomic E-state index is -1.67. The first-order valence-corrected chi connectivity index (χ1v) is 11.6. The van der Waals surface area contributed by atoms with Crippen molar-refractivity contribution in [1.82, 2.24) is 20.9 Å². The van der Waals surface area contributed by atoms with Gasteiger partial charge >= 0.3 is 11.9 Å². The molecule has 37 heavy (non-hydrogen) atoms. The number of aromatic amines is 1. The number of amides is 4. The lowest BCUT2D eigenvalue weighted by Gasteiger charge is -2.24. The van der Waals surface area contributed by atoms with Crippen molar-refractivity contribution in [2.24, 2.45) is 11.5 Å². The summed E-state index contributed by atoms with van der Waals surface area (Å²) in [5, 5.41) is 25.9. The van der Waals surface area contributed by atoms with E-state index in [1.807, 2.05) is 0 Å². The highest BCUT2D eigenvalue weighted by molar-refractivity contribution is 7.80. The molecule has 0 bridgehead atoms. The number of hydrogen-bond donors (Lipinski definition) is 9. The first kappa shape index (κ1) is 29.1. The Bertz CT molecular complexity index is 1180. The smallest absolute Gasteiger partial charge is 0.327 e. The number of aromatic nitrogens is 1. The fourth-order valence-electron chi connectivity index (χ4n) is 3.43. The van der Waals surface area contributed by atoms with Crippen LogP contribution in [-0.4, -0.2) is 80.7 Å². The summed E-state index contributed by atoms with van der Waals surface area (Å²) in [5.41, 5.74) is 12.1. The minimum absolute atomic E-state index is 0.0965. The normalized spacial score (nSPS) is 14.1. The van der Waals surface area contributed by atoms with Gasteiger partial charge in [-0.15, -0.1) is 0 Å². The van der Waals surface area contributed by atoms with Crippen LogP contribution in [0.25, 0.3) is 10.9 Å². The molecule has 0 spiro atoms. The first-order chi connectivity index (χ1) is 17.4. The SMILES string of the molecule is NC(=O)CC(N)C(=O)NC(Cc1c[nH]c2ccccc12)C(=O)NC(CC(=O)O)C(=O)NC(CS)C(=O)O. The second-order valence-corrected chi connectivity index (χ2v) is 8.51. The molecule has 10 N–H and O–H groups in total. The number of H-pyrrole nitrogens is 1. The number of rotatable bonds is 14. The summed E-state index contributed by atoms with van der Waals surface area (Å²) in [6.45, 7) is 0. The summed E-state index contributed by atoms with van der Waals surface area (Å²) in [7, 11) is 0. The molecule has 2 aromatic rings. The zero-order valence-corrected chi connectivity index (χ0v) is 20.4. The molecule has 0 aliphatic carbocycles. The Morgan fingerprint density at radius 3 is 2.08 bits per heavy atom. The second kappa shape index (κ2) is 13.3. The molecule has 4 amide bonds. The van der Waals surface area contributed by atoms with Gasteiger partial charge in [-0.2, -0.15) is 12.6 Å². The Morgan fingerprint density at radius 2 is 1.49 bits per heavy atom. The Hall–Kier alpha value is -4.11. The molecule has 0 aliphatic rings. The van der Waals surface area contributed by atoms with Crippen molar-refractivity contribution in [3.8, 4) is 0 Å². The number of nitrogens with two attached hydrogens (primary N) is 2. The van der Waals surface area contributed by atoms with Gasteiger partial charge in [0.25, 0.3) is 0 Å². The largest absolute Gasteiger partial charge is 0.481 e. The molecule has 2 rings (SSSR count). The molecule has 0 saturated carbocycles. The van der Waals surface area contributed by atoms with E-state index in [1.54, 1.807) is 30.5 Å². The topological polar surface area (TPSA) is 247 Å². The van der Waals surface area contributed by atoms with Crippen LogP contribution in [0.2, 0.25) is 0 Å². The summed E-state index contributed by atoms with van der Waals surface area (Å²) in [6, 6.07) is 1.32. The highest BCUT2D eigenvalue weighted by atomic mass is 32.1. The van der Waals surface area contributed by atoms with E-state index >= 15 is 0 Å². The highest BCUT2D eigenvalue weighted by Gasteiger charge is 2.32. The lowest BCUT2D eigenvalue weighted by molar-refractivity contribution is -0.143. The van der Waals surface area contributed by atoms with Gasteiger partial charge in [0, 0.05) is 29.3 Å². The van der Waals surface area contributed by atoms with Gasteiger partial charge in [0.15, 0.2) is 0 Å². The average Bonchev–Trinajstić information content (AvgIpc) is 3.23. The number of para-hydroxylation sites is 1. The van der Waals surface area contributed by atoms with Crippen molar-refractivity contribution < 1.29 is 39.0 Å². The number of thiol groups is 1. The van der Waals surface area contributed by atoms with Gasteiger partial charge < -0.3 is 42.6 Å². The molecule has 15 heteroatoms. The van der Waals surface area contributed by atoms with E-state index < -0.39 is 72.6 Å². The molecule has 0 fully saturated rings. The molecule has 200 valence electrons. The van der Waals surface area contributed by atoms with Crippen molar-refractivity contribution in [2.75, 3.05) is 5.75 Å². The van der Waals surface area contributed by atoms with Gasteiger partial charge in [-0.1, -0.05) is 18.2 Å². The number of fused-ring (bicyclic) bond motifs is 1. The third-order valence-corrected chi connectivity index (χ3v) is 5.66. The number of carboxylic acid groups (broad SMARTS) is 2. The number of primary amides is 1. The van der Waals surface area contributed by atoms with E-state index in [2.05, 4.69) is 33.6 Å². The number of carbonyl (C=O) groups is 6. The Kier molecular flexibility index (Phi) is 10.4. The number of carbonyl (C=O) groups excluding carboxylic acids is 4. The Morgan fingerprint density at radius 1 is 0.892 bits per heavy atom. The molecule has 4 unspecified atom stereocenters. The molecular formula is C22H28N6O8S. The second-order valence-electron chi connectivity index (χ2n) is 8.14. The molecule has 14 nitrogen and oxygen atoms in total. The lowest BCUT2D eigenvalue weighted by atomic mass is 10.0. The van der Waals surface area contributed by atoms with Gasteiger partial charge in [-0.3, -0.25) is 24.0 Å². The lowest BCUT2D eigenvalue weighted by Crippen LogP contribution is -2.58. The van der Waals surface area contributed by atoms with Crippen molar-refractivity contribution >= 4 is 59.1 Å². The maximum Gasteiger partial charge on any atom is 0.327 e. The van der Waals surface area contributed by atoms with Crippen LogP contribution in [0.15, 0.2) is 30.5 Å². The highest BCUT2D eigenvalue weighted by Crippen LogP contribution is 2.19. The number of benzene rings is 1. The standard InChI is InChI=1S/C22H28N6O8S/c23-12(6-17(24)29)19(32)26-14(5-10-8-25-13-4-2-1-3-11(10)13)20(33)27-15(7-18(30)31)21(34)28-16(9-37)22(35)36/h1-4,8,12,14-16,25,37H,5-7,9,23H2,(H2,24,29)(H,26,32)(H,27,33)(H,28,34)(H,30,31)(H,35,36). The van der Waals surface area contributed by atoms with Gasteiger partial charge in [-0.05, 0) is 11.6 Å². The molecule has 0 radical (unpaired) electrons. The maximum atomic E-state index is 13.2. The predicted molar refractivity (Wildman–Crippen MR) is 133 cm³/mol. The van der Waals surface area contributed by atoms with Gasteiger partial charge in [-0.25, -0.2) is 4.79 Å².